The smallest absolute Gasteiger partial charge is 0.0219 e. The number of unbranched alkanes of at least 4 members (excludes halogenated alkanes) is 24. The van der Waals surface area contributed by atoms with Crippen LogP contribution in [0.15, 0.2) is 72.8 Å². The Morgan fingerprint density at radius 1 is 0.233 bits per heavy atom. The molecule has 342 valence electrons. The molecule has 60 heavy (non-hydrogen) atoms. The van der Waals surface area contributed by atoms with Crippen molar-refractivity contribution in [2.24, 2.45) is 0 Å². The lowest BCUT2D eigenvalue weighted by Gasteiger charge is -2.07. The minimum atomic E-state index is 0.649. The van der Waals surface area contributed by atoms with E-state index in [1.165, 1.54) is 226 Å². The normalized spacial score (nSPS) is 11.2. The van der Waals surface area contributed by atoms with Crippen LogP contribution in [0.3, 0.4) is 0 Å². The van der Waals surface area contributed by atoms with Crippen molar-refractivity contribution in [3.8, 4) is 0 Å². The fourth-order valence-electron chi connectivity index (χ4n) is 8.13. The maximum atomic E-state index is 2.32. The van der Waals surface area contributed by atoms with Crippen LogP contribution in [-0.4, -0.2) is 0 Å². The first-order valence-electron chi connectivity index (χ1n) is 26.5. The lowest BCUT2D eigenvalue weighted by molar-refractivity contribution is 0.556. The maximum absolute atomic E-state index is 2.32. The van der Waals surface area contributed by atoms with Gasteiger partial charge in [-0.25, -0.2) is 0 Å². The lowest BCUT2D eigenvalue weighted by Crippen LogP contribution is -1.90. The van der Waals surface area contributed by atoms with Gasteiger partial charge in [-0.1, -0.05) is 289 Å². The molecule has 0 N–H and O–H groups in total. The summed E-state index contributed by atoms with van der Waals surface area (Å²) in [6.45, 7) is 20.4. The summed E-state index contributed by atoms with van der Waals surface area (Å²) < 4.78 is 0. The summed E-state index contributed by atoms with van der Waals surface area (Å²) in [5, 5.41) is 0. The lowest BCUT2D eigenvalue weighted by atomic mass is 9.99. The van der Waals surface area contributed by atoms with Gasteiger partial charge >= 0.3 is 0 Å². The largest absolute Gasteiger partial charge is 0.0654 e. The Hall–Kier alpha value is -2.34. The van der Waals surface area contributed by atoms with E-state index in [0.717, 1.165) is 0 Å². The minimum absolute atomic E-state index is 0.649. The van der Waals surface area contributed by atoms with Crippen molar-refractivity contribution in [2.75, 3.05) is 0 Å². The Bertz CT molecular complexity index is 1290. The Morgan fingerprint density at radius 2 is 0.400 bits per heavy atom. The summed E-state index contributed by atoms with van der Waals surface area (Å²) in [4.78, 5) is 0. The van der Waals surface area contributed by atoms with Crippen LogP contribution in [0.25, 0.3) is 0 Å². The van der Waals surface area contributed by atoms with E-state index in [2.05, 4.69) is 135 Å². The molecule has 0 saturated heterocycles. The second-order valence-electron chi connectivity index (χ2n) is 19.4. The van der Waals surface area contributed by atoms with Gasteiger partial charge in [-0.15, -0.1) is 0 Å². The molecule has 0 heteroatoms. The molecule has 0 nitrogen and oxygen atoms in total. The Balaban J connectivity index is 0.000000451. The van der Waals surface area contributed by atoms with Gasteiger partial charge in [0.15, 0.2) is 0 Å². The summed E-state index contributed by atoms with van der Waals surface area (Å²) in [5.41, 5.74) is 8.91. The summed E-state index contributed by atoms with van der Waals surface area (Å²) in [6.07, 6.45) is 42.0. The van der Waals surface area contributed by atoms with Gasteiger partial charge in [0.1, 0.15) is 0 Å². The zero-order valence-corrected chi connectivity index (χ0v) is 41.9. The van der Waals surface area contributed by atoms with Gasteiger partial charge in [0.25, 0.3) is 0 Å². The van der Waals surface area contributed by atoms with Gasteiger partial charge in [0.05, 0.1) is 0 Å². The first-order valence-corrected chi connectivity index (χ1v) is 26.5. The highest BCUT2D eigenvalue weighted by atomic mass is 14.1. The highest BCUT2D eigenvalue weighted by Gasteiger charge is 2.02. The molecule has 3 aromatic carbocycles. The van der Waals surface area contributed by atoms with E-state index >= 15 is 0 Å². The van der Waals surface area contributed by atoms with E-state index in [9.17, 15) is 0 Å². The number of aryl methyl sites for hydroxylation is 3. The molecular formula is C60H102. The molecule has 3 aromatic rings. The number of hydrogen-bond donors (Lipinski definition) is 0. The first-order chi connectivity index (χ1) is 29.2. The average Bonchev–Trinajstić information content (AvgIpc) is 3.25. The van der Waals surface area contributed by atoms with Crippen molar-refractivity contribution in [3.05, 3.63) is 106 Å². The van der Waals surface area contributed by atoms with Gasteiger partial charge in [0.2, 0.25) is 0 Å². The summed E-state index contributed by atoms with van der Waals surface area (Å²) in [7, 11) is 0. The van der Waals surface area contributed by atoms with Gasteiger partial charge in [-0.05, 0) is 89.7 Å². The summed E-state index contributed by atoms with van der Waals surface area (Å²) in [6, 6.07) is 27.7. The van der Waals surface area contributed by atoms with Gasteiger partial charge in [-0.2, -0.15) is 0 Å². The molecule has 0 saturated carbocycles. The SMILES string of the molecule is CCCCCCCCCCCCc1ccc(C(C)C)cc1.CCCCCCCCCCCc1ccc(C(C)C)cc1.CCCCCCCCCCc1ccc(C(C)C)cc1. The van der Waals surface area contributed by atoms with Crippen molar-refractivity contribution in [2.45, 2.75) is 273 Å². The standard InChI is InChI=1S/C21H36.C20H34.C19H32/c1-4-5-6-7-8-9-10-11-12-13-14-20-15-17-21(18-16-20)19(2)3;1-4-5-6-7-8-9-10-11-12-13-19-14-16-20(17-15-19)18(2)3;1-4-5-6-7-8-9-10-11-12-18-13-15-19(16-14-18)17(2)3/h15-19H,4-14H2,1-3H3;14-18H,4-13H2,1-3H3;13-17H,4-12H2,1-3H3. The first kappa shape index (κ1) is 55.7. The maximum Gasteiger partial charge on any atom is -0.0219 e. The van der Waals surface area contributed by atoms with E-state index in [-0.39, 0.29) is 0 Å². The van der Waals surface area contributed by atoms with Crippen LogP contribution in [0, 0.1) is 0 Å². The third-order valence-electron chi connectivity index (χ3n) is 12.6. The molecule has 0 fully saturated rings. The molecule has 0 bridgehead atoms. The van der Waals surface area contributed by atoms with Crippen LogP contribution in [0.1, 0.15) is 287 Å². The Morgan fingerprint density at radius 3 is 0.567 bits per heavy atom. The molecule has 0 unspecified atom stereocenters. The molecule has 0 aliphatic carbocycles. The predicted octanol–water partition coefficient (Wildman–Crippen LogP) is 20.6. The highest BCUT2D eigenvalue weighted by Crippen LogP contribution is 2.20. The molecule has 0 amide bonds. The van der Waals surface area contributed by atoms with Crippen molar-refractivity contribution in [1.82, 2.24) is 0 Å². The number of hydrogen-bond acceptors (Lipinski definition) is 0. The van der Waals surface area contributed by atoms with Crippen molar-refractivity contribution < 1.29 is 0 Å². The molecule has 0 heterocycles. The topological polar surface area (TPSA) is 0 Å². The van der Waals surface area contributed by atoms with Crippen LogP contribution >= 0.6 is 0 Å². The van der Waals surface area contributed by atoms with Crippen molar-refractivity contribution >= 4 is 0 Å². The zero-order valence-electron chi connectivity index (χ0n) is 41.9. The van der Waals surface area contributed by atoms with E-state index in [4.69, 9.17) is 0 Å². The second kappa shape index (κ2) is 39.5. The molecule has 0 aromatic heterocycles. The number of rotatable bonds is 33. The predicted molar refractivity (Wildman–Crippen MR) is 274 cm³/mol. The molecule has 0 aliphatic heterocycles. The van der Waals surface area contributed by atoms with Crippen molar-refractivity contribution in [1.29, 1.82) is 0 Å². The number of benzene rings is 3. The molecule has 0 spiro atoms. The Labute approximate surface area is 377 Å². The van der Waals surface area contributed by atoms with Gasteiger partial charge in [0, 0.05) is 0 Å². The fourth-order valence-corrected chi connectivity index (χ4v) is 8.13. The summed E-state index contributed by atoms with van der Waals surface area (Å²) in [5.74, 6) is 1.95. The molecule has 0 radical (unpaired) electrons. The zero-order chi connectivity index (χ0) is 43.9. The minimum Gasteiger partial charge on any atom is -0.0654 e. The van der Waals surface area contributed by atoms with Crippen molar-refractivity contribution in [3.63, 3.8) is 0 Å². The third kappa shape index (κ3) is 31.5. The monoisotopic (exact) mass is 823 g/mol. The van der Waals surface area contributed by atoms with Crippen LogP contribution in [0.4, 0.5) is 0 Å². The molecule has 0 atom stereocenters. The van der Waals surface area contributed by atoms with Crippen LogP contribution in [-0.2, 0) is 19.3 Å². The Kier molecular flexibility index (Phi) is 36.7. The van der Waals surface area contributed by atoms with E-state index in [1.54, 1.807) is 0 Å². The van der Waals surface area contributed by atoms with Gasteiger partial charge < -0.3 is 0 Å². The van der Waals surface area contributed by atoms with Crippen LogP contribution < -0.4 is 0 Å². The molecule has 0 aliphatic rings. The van der Waals surface area contributed by atoms with Crippen LogP contribution in [0.5, 0.6) is 0 Å². The van der Waals surface area contributed by atoms with E-state index < -0.39 is 0 Å². The van der Waals surface area contributed by atoms with E-state index in [1.807, 2.05) is 0 Å². The third-order valence-corrected chi connectivity index (χ3v) is 12.6. The fraction of sp³-hybridized carbons (Fsp3) is 0.700. The quantitative estimate of drug-likeness (QED) is 0.0537. The average molecular weight is 823 g/mol. The highest BCUT2D eigenvalue weighted by molar-refractivity contribution is 5.26. The molecular weight excluding hydrogens is 721 g/mol. The van der Waals surface area contributed by atoms with Crippen LogP contribution in [0.2, 0.25) is 0 Å². The van der Waals surface area contributed by atoms with Gasteiger partial charge in [-0.3, -0.25) is 0 Å². The second-order valence-corrected chi connectivity index (χ2v) is 19.4. The summed E-state index contributed by atoms with van der Waals surface area (Å²) >= 11 is 0. The molecule has 3 rings (SSSR count). The van der Waals surface area contributed by atoms with E-state index in [0.29, 0.717) is 17.8 Å².